The summed E-state index contributed by atoms with van der Waals surface area (Å²) in [6.07, 6.45) is 0. The van der Waals surface area contributed by atoms with Gasteiger partial charge in [-0.15, -0.1) is 0 Å². The zero-order valence-electron chi connectivity index (χ0n) is 10.7. The fourth-order valence-corrected chi connectivity index (χ4v) is 2.96. The lowest BCUT2D eigenvalue weighted by Gasteiger charge is -2.03. The molecule has 7 heteroatoms. The van der Waals surface area contributed by atoms with Gasteiger partial charge in [-0.05, 0) is 37.4 Å². The summed E-state index contributed by atoms with van der Waals surface area (Å²) < 4.78 is 55.3. The van der Waals surface area contributed by atoms with E-state index in [0.717, 1.165) is 12.1 Å². The van der Waals surface area contributed by atoms with Crippen LogP contribution in [-0.2, 0) is 22.1 Å². The molecular formula is C13H13F2NO3S. The molecule has 1 heterocycles. The molecule has 1 aromatic carbocycles. The minimum absolute atomic E-state index is 0.250. The van der Waals surface area contributed by atoms with Crippen molar-refractivity contribution < 1.29 is 21.6 Å². The summed E-state index contributed by atoms with van der Waals surface area (Å²) in [4.78, 5) is -0.275. The predicted octanol–water partition coefficient (Wildman–Crippen LogP) is 2.25. The van der Waals surface area contributed by atoms with E-state index in [1.54, 1.807) is 19.2 Å². The van der Waals surface area contributed by atoms with Crippen LogP contribution >= 0.6 is 0 Å². The Morgan fingerprint density at radius 2 is 1.80 bits per heavy atom. The van der Waals surface area contributed by atoms with Crippen molar-refractivity contribution in [1.82, 2.24) is 5.32 Å². The Morgan fingerprint density at radius 1 is 1.10 bits per heavy atom. The van der Waals surface area contributed by atoms with Gasteiger partial charge in [0.05, 0.1) is 11.4 Å². The van der Waals surface area contributed by atoms with Crippen molar-refractivity contribution in [3.8, 4) is 0 Å². The van der Waals surface area contributed by atoms with E-state index >= 15 is 0 Å². The number of benzene rings is 1. The highest BCUT2D eigenvalue weighted by Gasteiger charge is 2.19. The van der Waals surface area contributed by atoms with Crippen LogP contribution in [0.25, 0.3) is 0 Å². The summed E-state index contributed by atoms with van der Waals surface area (Å²) in [7, 11) is -2.04. The largest absolute Gasteiger partial charge is 0.464 e. The number of hydrogen-bond acceptors (Lipinski definition) is 4. The van der Waals surface area contributed by atoms with Crippen LogP contribution in [0, 0.1) is 11.6 Å². The van der Waals surface area contributed by atoms with Gasteiger partial charge in [-0.1, -0.05) is 0 Å². The molecule has 0 atom stereocenters. The molecule has 0 saturated carbocycles. The second kappa shape index (κ2) is 5.72. The zero-order valence-corrected chi connectivity index (χ0v) is 11.5. The lowest BCUT2D eigenvalue weighted by atomic mass is 10.3. The molecule has 20 heavy (non-hydrogen) atoms. The highest BCUT2D eigenvalue weighted by Crippen LogP contribution is 2.20. The summed E-state index contributed by atoms with van der Waals surface area (Å²) in [5.41, 5.74) is 0. The maximum absolute atomic E-state index is 13.1. The number of furan rings is 1. The maximum Gasteiger partial charge on any atom is 0.185 e. The van der Waals surface area contributed by atoms with E-state index in [9.17, 15) is 17.2 Å². The Bertz CT molecular complexity index is 710. The first-order chi connectivity index (χ1) is 9.42. The van der Waals surface area contributed by atoms with E-state index in [4.69, 9.17) is 4.42 Å². The van der Waals surface area contributed by atoms with E-state index in [-0.39, 0.29) is 10.7 Å². The molecule has 0 radical (unpaired) electrons. The van der Waals surface area contributed by atoms with Gasteiger partial charge < -0.3 is 9.73 Å². The first-order valence-electron chi connectivity index (χ1n) is 5.82. The Kier molecular flexibility index (Phi) is 4.20. The lowest BCUT2D eigenvalue weighted by Crippen LogP contribution is -2.06. The minimum Gasteiger partial charge on any atom is -0.464 e. The van der Waals surface area contributed by atoms with Gasteiger partial charge in [-0.2, -0.15) is 0 Å². The molecule has 0 bridgehead atoms. The molecule has 1 N–H and O–H groups in total. The highest BCUT2D eigenvalue weighted by atomic mass is 32.2. The monoisotopic (exact) mass is 301 g/mol. The number of rotatable bonds is 5. The minimum atomic E-state index is -3.78. The molecule has 0 saturated heterocycles. The summed E-state index contributed by atoms with van der Waals surface area (Å²) in [5.74, 6) is -1.83. The van der Waals surface area contributed by atoms with Gasteiger partial charge in [-0.3, -0.25) is 0 Å². The smallest absolute Gasteiger partial charge is 0.185 e. The van der Waals surface area contributed by atoms with Gasteiger partial charge in [0, 0.05) is 0 Å². The fourth-order valence-electron chi connectivity index (χ4n) is 1.71. The lowest BCUT2D eigenvalue weighted by molar-refractivity contribution is 0.464. The number of hydrogen-bond donors (Lipinski definition) is 1. The summed E-state index contributed by atoms with van der Waals surface area (Å²) >= 11 is 0. The van der Waals surface area contributed by atoms with Crippen LogP contribution in [-0.4, -0.2) is 15.5 Å². The molecule has 0 amide bonds. The Hall–Kier alpha value is -1.73. The Balaban J connectivity index is 2.23. The van der Waals surface area contributed by atoms with Gasteiger partial charge in [0.25, 0.3) is 0 Å². The number of nitrogens with one attached hydrogen (secondary N) is 1. The second-order valence-corrected chi connectivity index (χ2v) is 6.22. The van der Waals surface area contributed by atoms with E-state index in [2.05, 4.69) is 5.32 Å². The normalized spacial score (nSPS) is 11.8. The molecule has 0 aliphatic rings. The van der Waals surface area contributed by atoms with Crippen LogP contribution in [0.3, 0.4) is 0 Å². The molecule has 1 aromatic heterocycles. The fraction of sp³-hybridized carbons (Fsp3) is 0.231. The summed E-state index contributed by atoms with van der Waals surface area (Å²) in [5, 5.41) is 2.87. The van der Waals surface area contributed by atoms with Crippen LogP contribution in [0.1, 0.15) is 11.5 Å². The van der Waals surface area contributed by atoms with Crippen LogP contribution in [0.4, 0.5) is 8.78 Å². The van der Waals surface area contributed by atoms with Gasteiger partial charge in [0.15, 0.2) is 21.5 Å². The summed E-state index contributed by atoms with van der Waals surface area (Å²) in [6, 6.07) is 5.70. The average molecular weight is 301 g/mol. The van der Waals surface area contributed by atoms with E-state index in [1.165, 1.54) is 0 Å². The molecule has 0 fully saturated rings. The third kappa shape index (κ3) is 3.23. The molecular weight excluding hydrogens is 288 g/mol. The van der Waals surface area contributed by atoms with Crippen molar-refractivity contribution >= 4 is 9.84 Å². The Labute approximate surface area is 115 Å². The first-order valence-corrected chi connectivity index (χ1v) is 7.47. The van der Waals surface area contributed by atoms with Gasteiger partial charge in [0.1, 0.15) is 17.3 Å². The third-order valence-electron chi connectivity index (χ3n) is 2.65. The van der Waals surface area contributed by atoms with Crippen LogP contribution in [0.2, 0.25) is 0 Å². The van der Waals surface area contributed by atoms with Crippen molar-refractivity contribution in [1.29, 1.82) is 0 Å². The average Bonchev–Trinajstić information content (AvgIpc) is 2.79. The van der Waals surface area contributed by atoms with Crippen molar-refractivity contribution in [3.05, 3.63) is 53.5 Å². The van der Waals surface area contributed by atoms with Crippen molar-refractivity contribution in [2.45, 2.75) is 17.2 Å². The first kappa shape index (κ1) is 14.7. The van der Waals surface area contributed by atoms with E-state index < -0.39 is 27.2 Å². The number of halogens is 2. The standard InChI is InChI=1S/C13H13F2NO3S/c1-16-7-9-2-3-10(19-9)8-20(17,18)11-4-5-12(14)13(15)6-11/h2-6,16H,7-8H2,1H3. The molecule has 2 aromatic rings. The highest BCUT2D eigenvalue weighted by molar-refractivity contribution is 7.90. The zero-order chi connectivity index (χ0) is 14.8. The van der Waals surface area contributed by atoms with E-state index in [1.807, 2.05) is 0 Å². The van der Waals surface area contributed by atoms with Crippen LogP contribution in [0.15, 0.2) is 39.6 Å². The molecule has 0 unspecified atom stereocenters. The SMILES string of the molecule is CNCc1ccc(CS(=O)(=O)c2ccc(F)c(F)c2)o1. The molecule has 108 valence electrons. The quantitative estimate of drug-likeness (QED) is 0.861. The Morgan fingerprint density at radius 3 is 2.45 bits per heavy atom. The van der Waals surface area contributed by atoms with Gasteiger partial charge in [-0.25, -0.2) is 17.2 Å². The molecule has 4 nitrogen and oxygen atoms in total. The van der Waals surface area contributed by atoms with Crippen LogP contribution < -0.4 is 5.32 Å². The van der Waals surface area contributed by atoms with E-state index in [0.29, 0.717) is 18.4 Å². The van der Waals surface area contributed by atoms with Crippen molar-refractivity contribution in [3.63, 3.8) is 0 Å². The number of sulfone groups is 1. The van der Waals surface area contributed by atoms with Crippen LogP contribution in [0.5, 0.6) is 0 Å². The van der Waals surface area contributed by atoms with Crippen molar-refractivity contribution in [2.75, 3.05) is 7.05 Å². The van der Waals surface area contributed by atoms with Gasteiger partial charge in [0.2, 0.25) is 0 Å². The third-order valence-corrected chi connectivity index (χ3v) is 4.29. The molecule has 0 aliphatic heterocycles. The van der Waals surface area contributed by atoms with Gasteiger partial charge >= 0.3 is 0 Å². The molecule has 0 spiro atoms. The van der Waals surface area contributed by atoms with Crippen molar-refractivity contribution in [2.24, 2.45) is 0 Å². The molecule has 0 aliphatic carbocycles. The maximum atomic E-state index is 13.1. The topological polar surface area (TPSA) is 59.3 Å². The summed E-state index contributed by atoms with van der Waals surface area (Å²) in [6.45, 7) is 0.477. The predicted molar refractivity (Wildman–Crippen MR) is 68.7 cm³/mol. The second-order valence-electron chi connectivity index (χ2n) is 4.23. The molecule has 2 rings (SSSR count).